The zero-order chi connectivity index (χ0) is 18.6. The molecule has 0 aliphatic heterocycles. The number of carbonyl (C=O) groups excluding carboxylic acids is 1. The van der Waals surface area contributed by atoms with Crippen molar-refractivity contribution in [2.45, 2.75) is 18.4 Å². The molecule has 134 valence electrons. The van der Waals surface area contributed by atoms with Crippen LogP contribution in [-0.2, 0) is 21.4 Å². The Balaban J connectivity index is 2.45. The molecule has 3 N–H and O–H groups in total. The maximum atomic E-state index is 12.9. The van der Waals surface area contributed by atoms with Crippen molar-refractivity contribution in [1.29, 1.82) is 0 Å². The number of rotatable bonds is 6. The van der Waals surface area contributed by atoms with Gasteiger partial charge in [-0.25, -0.2) is 14.3 Å². The quantitative estimate of drug-likeness (QED) is 0.441. The first kappa shape index (κ1) is 19.7. The van der Waals surface area contributed by atoms with Crippen LogP contribution in [0.5, 0.6) is 0 Å². The van der Waals surface area contributed by atoms with Gasteiger partial charge in [0.05, 0.1) is 11.4 Å². The average Bonchev–Trinajstić information content (AvgIpc) is 2.57. The first-order valence-corrected chi connectivity index (χ1v) is 9.44. The summed E-state index contributed by atoms with van der Waals surface area (Å²) in [6, 6.07) is 11.2. The lowest BCUT2D eigenvalue weighted by Crippen LogP contribution is -2.42. The van der Waals surface area contributed by atoms with E-state index in [0.29, 0.717) is 15.6 Å². The predicted octanol–water partition coefficient (Wildman–Crippen LogP) is 2.48. The minimum Gasteiger partial charge on any atom is -0.293 e. The number of hydrazine groups is 1. The van der Waals surface area contributed by atoms with Gasteiger partial charge >= 0.3 is 0 Å². The summed E-state index contributed by atoms with van der Waals surface area (Å²) in [6.07, 6.45) is 0. The molecule has 0 saturated carbocycles. The average molecular weight is 402 g/mol. The molecule has 0 atom stereocenters. The van der Waals surface area contributed by atoms with E-state index >= 15 is 0 Å². The van der Waals surface area contributed by atoms with Crippen molar-refractivity contribution in [3.05, 3.63) is 63.6 Å². The number of nitrogens with two attached hydrogens (primary N) is 1. The van der Waals surface area contributed by atoms with E-state index in [1.165, 1.54) is 12.1 Å². The molecule has 25 heavy (non-hydrogen) atoms. The largest absolute Gasteiger partial charge is 0.293 e. The maximum absolute atomic E-state index is 12.9. The number of amides is 1. The summed E-state index contributed by atoms with van der Waals surface area (Å²) in [4.78, 5) is 11.8. The maximum Gasteiger partial charge on any atom is 0.249 e. The van der Waals surface area contributed by atoms with E-state index in [1.807, 2.05) is 12.3 Å². The van der Waals surface area contributed by atoms with E-state index < -0.39 is 22.5 Å². The number of nitrogens with one attached hydrogen (secondary N) is 1. The van der Waals surface area contributed by atoms with Gasteiger partial charge in [-0.2, -0.15) is 4.31 Å². The standard InChI is InChI=1S/C16H17Cl2N3O3S/c1-11-5-7-12(8-6-11)25(23,24)21(10-16(22)20-19)9-13-14(17)3-2-4-15(13)18/h2-8H,9-10,19H2,1H3,(H,20,22). The molecule has 0 aliphatic carbocycles. The van der Waals surface area contributed by atoms with Gasteiger partial charge in [0.25, 0.3) is 0 Å². The molecule has 0 radical (unpaired) electrons. The molecule has 9 heteroatoms. The third-order valence-corrected chi connectivity index (χ3v) is 6.05. The highest BCUT2D eigenvalue weighted by Gasteiger charge is 2.28. The third-order valence-electron chi connectivity index (χ3n) is 3.54. The van der Waals surface area contributed by atoms with Crippen molar-refractivity contribution in [2.75, 3.05) is 6.54 Å². The number of halogens is 2. The number of nitrogens with zero attached hydrogens (tertiary/aromatic N) is 1. The zero-order valence-corrected chi connectivity index (χ0v) is 15.7. The summed E-state index contributed by atoms with van der Waals surface area (Å²) in [5.74, 6) is 4.45. The zero-order valence-electron chi connectivity index (χ0n) is 13.4. The highest BCUT2D eigenvalue weighted by molar-refractivity contribution is 7.89. The second kappa shape index (κ2) is 8.16. The number of benzene rings is 2. The Kier molecular flexibility index (Phi) is 6.42. The summed E-state index contributed by atoms with van der Waals surface area (Å²) < 4.78 is 26.9. The lowest BCUT2D eigenvalue weighted by atomic mass is 10.2. The van der Waals surface area contributed by atoms with Gasteiger partial charge in [-0.05, 0) is 31.2 Å². The second-order valence-electron chi connectivity index (χ2n) is 5.35. The van der Waals surface area contributed by atoms with E-state index in [9.17, 15) is 13.2 Å². The van der Waals surface area contributed by atoms with Crippen LogP contribution in [0.1, 0.15) is 11.1 Å². The molecule has 2 aromatic rings. The highest BCUT2D eigenvalue weighted by atomic mass is 35.5. The van der Waals surface area contributed by atoms with Gasteiger partial charge in [-0.3, -0.25) is 10.2 Å². The monoisotopic (exact) mass is 401 g/mol. The van der Waals surface area contributed by atoms with Gasteiger partial charge in [0.2, 0.25) is 15.9 Å². The summed E-state index contributed by atoms with van der Waals surface area (Å²) in [7, 11) is -3.96. The molecule has 0 saturated heterocycles. The molecule has 0 aliphatic rings. The summed E-state index contributed by atoms with van der Waals surface area (Å²) in [5, 5.41) is 0.620. The topological polar surface area (TPSA) is 92.5 Å². The molecule has 0 heterocycles. The fraction of sp³-hybridized carbons (Fsp3) is 0.188. The number of sulfonamides is 1. The van der Waals surface area contributed by atoms with Crippen LogP contribution < -0.4 is 11.3 Å². The fourth-order valence-electron chi connectivity index (χ4n) is 2.15. The Morgan fingerprint density at radius 2 is 1.68 bits per heavy atom. The lowest BCUT2D eigenvalue weighted by Gasteiger charge is -2.22. The summed E-state index contributed by atoms with van der Waals surface area (Å²) >= 11 is 12.3. The number of aryl methyl sites for hydroxylation is 1. The number of hydrogen-bond donors (Lipinski definition) is 2. The second-order valence-corrected chi connectivity index (χ2v) is 8.11. The van der Waals surface area contributed by atoms with E-state index in [0.717, 1.165) is 9.87 Å². The van der Waals surface area contributed by atoms with Crippen molar-refractivity contribution < 1.29 is 13.2 Å². The van der Waals surface area contributed by atoms with Gasteiger partial charge in [-0.1, -0.05) is 47.0 Å². The molecule has 2 rings (SSSR count). The summed E-state index contributed by atoms with van der Waals surface area (Å²) in [5.41, 5.74) is 3.26. The normalized spacial score (nSPS) is 11.6. The Labute approximate surface area is 156 Å². The first-order valence-electron chi connectivity index (χ1n) is 7.25. The molecular formula is C16H17Cl2N3O3S. The Bertz CT molecular complexity index is 850. The minimum atomic E-state index is -3.96. The highest BCUT2D eigenvalue weighted by Crippen LogP contribution is 2.28. The molecule has 6 nitrogen and oxygen atoms in total. The molecule has 0 unspecified atom stereocenters. The van der Waals surface area contributed by atoms with Crippen LogP contribution in [0.2, 0.25) is 10.0 Å². The van der Waals surface area contributed by atoms with Crippen molar-refractivity contribution >= 4 is 39.1 Å². The van der Waals surface area contributed by atoms with Gasteiger partial charge in [0, 0.05) is 22.2 Å². The van der Waals surface area contributed by atoms with Gasteiger partial charge < -0.3 is 0 Å². The van der Waals surface area contributed by atoms with Crippen LogP contribution in [-0.4, -0.2) is 25.2 Å². The van der Waals surface area contributed by atoms with E-state index in [4.69, 9.17) is 29.0 Å². The molecule has 0 spiro atoms. The van der Waals surface area contributed by atoms with Crippen LogP contribution >= 0.6 is 23.2 Å². The number of carbonyl (C=O) groups is 1. The number of hydrogen-bond acceptors (Lipinski definition) is 4. The van der Waals surface area contributed by atoms with Crippen LogP contribution in [0.25, 0.3) is 0 Å². The Morgan fingerprint density at radius 3 is 2.20 bits per heavy atom. The molecule has 1 amide bonds. The van der Waals surface area contributed by atoms with Crippen molar-refractivity contribution in [1.82, 2.24) is 9.73 Å². The fourth-order valence-corrected chi connectivity index (χ4v) is 4.03. The van der Waals surface area contributed by atoms with E-state index in [1.54, 1.807) is 30.3 Å². The van der Waals surface area contributed by atoms with Crippen LogP contribution in [0.15, 0.2) is 47.4 Å². The third kappa shape index (κ3) is 4.71. The molecule has 0 bridgehead atoms. The Hall–Kier alpha value is -1.64. The molecule has 2 aromatic carbocycles. The van der Waals surface area contributed by atoms with E-state index in [-0.39, 0.29) is 11.4 Å². The van der Waals surface area contributed by atoms with Crippen LogP contribution in [0.3, 0.4) is 0 Å². The minimum absolute atomic E-state index is 0.0612. The van der Waals surface area contributed by atoms with Gasteiger partial charge in [-0.15, -0.1) is 0 Å². The van der Waals surface area contributed by atoms with Crippen LogP contribution in [0.4, 0.5) is 0 Å². The SMILES string of the molecule is Cc1ccc(S(=O)(=O)N(CC(=O)NN)Cc2c(Cl)cccc2Cl)cc1. The Morgan fingerprint density at radius 1 is 1.12 bits per heavy atom. The van der Waals surface area contributed by atoms with Gasteiger partial charge in [0.15, 0.2) is 0 Å². The summed E-state index contributed by atoms with van der Waals surface area (Å²) in [6.45, 7) is 1.22. The van der Waals surface area contributed by atoms with E-state index in [2.05, 4.69) is 0 Å². The predicted molar refractivity (Wildman–Crippen MR) is 97.6 cm³/mol. The molecule has 0 fully saturated rings. The van der Waals surface area contributed by atoms with Crippen LogP contribution in [0, 0.1) is 6.92 Å². The lowest BCUT2D eigenvalue weighted by molar-refractivity contribution is -0.121. The molecular weight excluding hydrogens is 385 g/mol. The van der Waals surface area contributed by atoms with Crippen molar-refractivity contribution in [2.24, 2.45) is 5.84 Å². The van der Waals surface area contributed by atoms with Crippen molar-refractivity contribution in [3.63, 3.8) is 0 Å². The van der Waals surface area contributed by atoms with Gasteiger partial charge in [0.1, 0.15) is 0 Å². The first-order chi connectivity index (χ1) is 11.8. The van der Waals surface area contributed by atoms with Crippen molar-refractivity contribution in [3.8, 4) is 0 Å². The smallest absolute Gasteiger partial charge is 0.249 e. The molecule has 0 aromatic heterocycles.